The highest BCUT2D eigenvalue weighted by Crippen LogP contribution is 2.35. The number of amides is 2. The van der Waals surface area contributed by atoms with Crippen LogP contribution in [-0.4, -0.2) is 36.1 Å². The summed E-state index contributed by atoms with van der Waals surface area (Å²) < 4.78 is 28.9. The molecule has 2 amide bonds. The van der Waals surface area contributed by atoms with Gasteiger partial charge in [0.1, 0.15) is 11.1 Å². The predicted molar refractivity (Wildman–Crippen MR) is 60.3 cm³/mol. The molecule has 0 atom stereocenters. The topological polar surface area (TPSA) is 67.4 Å². The van der Waals surface area contributed by atoms with E-state index in [9.17, 15) is 18.4 Å². The molecular formula is C11H18F2N2O3. The number of alkyl halides is 2. The van der Waals surface area contributed by atoms with Crippen LogP contribution in [0.2, 0.25) is 0 Å². The summed E-state index contributed by atoms with van der Waals surface area (Å²) in [7, 11) is 0. The molecular weight excluding hydrogens is 246 g/mol. The zero-order chi connectivity index (χ0) is 14.0. The van der Waals surface area contributed by atoms with Crippen LogP contribution in [0.25, 0.3) is 0 Å². The summed E-state index contributed by atoms with van der Waals surface area (Å²) in [5.74, 6) is -0.589. The molecule has 5 nitrogen and oxygen atoms in total. The van der Waals surface area contributed by atoms with Crippen molar-refractivity contribution in [2.45, 2.75) is 51.2 Å². The van der Waals surface area contributed by atoms with E-state index in [1.165, 1.54) is 0 Å². The van der Waals surface area contributed by atoms with Crippen LogP contribution in [0.5, 0.6) is 0 Å². The van der Waals surface area contributed by atoms with Gasteiger partial charge in [0, 0.05) is 0 Å². The number of carbonyl (C=O) groups excluding carboxylic acids is 2. The quantitative estimate of drug-likeness (QED) is 0.807. The Bertz CT molecular complexity index is 336. The molecule has 1 fully saturated rings. The fraction of sp³-hybridized carbons (Fsp3) is 0.818. The minimum absolute atomic E-state index is 0.432. The summed E-state index contributed by atoms with van der Waals surface area (Å²) in [5, 5.41) is 4.52. The van der Waals surface area contributed by atoms with Gasteiger partial charge in [0.2, 0.25) is 5.91 Å². The molecule has 18 heavy (non-hydrogen) atoms. The normalized spacial score (nSPS) is 17.2. The maximum absolute atomic E-state index is 12.0. The van der Waals surface area contributed by atoms with Gasteiger partial charge in [0.25, 0.3) is 6.43 Å². The van der Waals surface area contributed by atoms with E-state index in [1.54, 1.807) is 20.8 Å². The molecule has 1 saturated carbocycles. The zero-order valence-electron chi connectivity index (χ0n) is 10.7. The lowest BCUT2D eigenvalue weighted by Crippen LogP contribution is -2.51. The summed E-state index contributed by atoms with van der Waals surface area (Å²) in [6.45, 7) is 4.38. The molecule has 1 rings (SSSR count). The third kappa shape index (κ3) is 4.46. The Balaban J connectivity index is 2.45. The summed E-state index contributed by atoms with van der Waals surface area (Å²) in [6.07, 6.45) is -2.46. The van der Waals surface area contributed by atoms with Gasteiger partial charge in [-0.2, -0.15) is 0 Å². The monoisotopic (exact) mass is 264 g/mol. The Labute approximate surface area is 104 Å². The van der Waals surface area contributed by atoms with Crippen LogP contribution in [0.3, 0.4) is 0 Å². The van der Waals surface area contributed by atoms with Gasteiger partial charge in [0.05, 0.1) is 6.54 Å². The van der Waals surface area contributed by atoms with Crippen LogP contribution in [0, 0.1) is 0 Å². The average molecular weight is 264 g/mol. The maximum Gasteiger partial charge on any atom is 0.408 e. The van der Waals surface area contributed by atoms with Crippen molar-refractivity contribution in [2.75, 3.05) is 6.54 Å². The Kier molecular flexibility index (Phi) is 4.13. The minimum atomic E-state index is -2.61. The second-order valence-electron chi connectivity index (χ2n) is 5.31. The minimum Gasteiger partial charge on any atom is -0.444 e. The first-order valence-corrected chi connectivity index (χ1v) is 5.72. The van der Waals surface area contributed by atoms with Crippen LogP contribution < -0.4 is 10.6 Å². The third-order valence-corrected chi connectivity index (χ3v) is 2.34. The second kappa shape index (κ2) is 5.07. The van der Waals surface area contributed by atoms with Crippen molar-refractivity contribution in [3.05, 3.63) is 0 Å². The van der Waals surface area contributed by atoms with Gasteiger partial charge in [-0.25, -0.2) is 13.6 Å². The van der Waals surface area contributed by atoms with E-state index < -0.39 is 36.1 Å². The highest BCUT2D eigenvalue weighted by Gasteiger charge is 2.51. The molecule has 0 aromatic heterocycles. The number of rotatable bonds is 4. The number of alkyl carbamates (subject to hydrolysis) is 1. The number of nitrogens with one attached hydrogen (secondary N) is 2. The van der Waals surface area contributed by atoms with Gasteiger partial charge in [-0.3, -0.25) is 4.79 Å². The molecule has 0 radical (unpaired) electrons. The van der Waals surface area contributed by atoms with Crippen molar-refractivity contribution in [3.63, 3.8) is 0 Å². The molecule has 1 aliphatic carbocycles. The summed E-state index contributed by atoms with van der Waals surface area (Å²) >= 11 is 0. The molecule has 0 saturated heterocycles. The number of ether oxygens (including phenoxy) is 1. The van der Waals surface area contributed by atoms with Crippen LogP contribution >= 0.6 is 0 Å². The number of halogens is 2. The van der Waals surface area contributed by atoms with E-state index in [-0.39, 0.29) is 0 Å². The molecule has 7 heteroatoms. The lowest BCUT2D eigenvalue weighted by molar-refractivity contribution is -0.124. The average Bonchev–Trinajstić information content (AvgIpc) is 2.91. The fourth-order valence-electron chi connectivity index (χ4n) is 1.37. The van der Waals surface area contributed by atoms with Crippen molar-refractivity contribution >= 4 is 12.0 Å². The molecule has 0 spiro atoms. The molecule has 0 bridgehead atoms. The first-order chi connectivity index (χ1) is 8.15. The molecule has 0 heterocycles. The first kappa shape index (κ1) is 14.7. The molecule has 2 N–H and O–H groups in total. The summed E-state index contributed by atoms with van der Waals surface area (Å²) in [5.41, 5.74) is -1.74. The second-order valence-corrected chi connectivity index (χ2v) is 5.31. The molecule has 0 aliphatic heterocycles. The Morgan fingerprint density at radius 1 is 1.33 bits per heavy atom. The molecule has 104 valence electrons. The first-order valence-electron chi connectivity index (χ1n) is 5.72. The lowest BCUT2D eigenvalue weighted by atomic mass is 10.2. The largest absolute Gasteiger partial charge is 0.444 e. The van der Waals surface area contributed by atoms with E-state index in [1.807, 2.05) is 0 Å². The van der Waals surface area contributed by atoms with Crippen molar-refractivity contribution in [1.82, 2.24) is 10.6 Å². The van der Waals surface area contributed by atoms with E-state index in [2.05, 4.69) is 10.6 Å². The van der Waals surface area contributed by atoms with E-state index in [0.717, 1.165) is 0 Å². The number of hydrogen-bond donors (Lipinski definition) is 2. The van der Waals surface area contributed by atoms with Crippen molar-refractivity contribution in [2.24, 2.45) is 0 Å². The maximum atomic E-state index is 12.0. The van der Waals surface area contributed by atoms with Crippen molar-refractivity contribution in [1.29, 1.82) is 0 Å². The Morgan fingerprint density at radius 2 is 1.89 bits per heavy atom. The zero-order valence-corrected chi connectivity index (χ0v) is 10.7. The van der Waals surface area contributed by atoms with Gasteiger partial charge in [-0.05, 0) is 33.6 Å². The smallest absolute Gasteiger partial charge is 0.408 e. The third-order valence-electron chi connectivity index (χ3n) is 2.34. The Morgan fingerprint density at radius 3 is 2.28 bits per heavy atom. The molecule has 0 unspecified atom stereocenters. The van der Waals surface area contributed by atoms with Gasteiger partial charge < -0.3 is 15.4 Å². The van der Waals surface area contributed by atoms with Crippen LogP contribution in [0.1, 0.15) is 33.6 Å². The van der Waals surface area contributed by atoms with E-state index >= 15 is 0 Å². The van der Waals surface area contributed by atoms with Gasteiger partial charge in [-0.1, -0.05) is 0 Å². The lowest BCUT2D eigenvalue weighted by Gasteiger charge is -2.23. The summed E-state index contributed by atoms with van der Waals surface area (Å²) in [6, 6.07) is 0. The standard InChI is InChI=1S/C11H18F2N2O3/c1-10(2,3)18-9(17)15-11(4-5-11)8(16)14-6-7(12)13/h7H,4-6H2,1-3H3,(H,14,16)(H,15,17). The molecule has 0 aromatic rings. The fourth-order valence-corrected chi connectivity index (χ4v) is 1.37. The molecule has 0 aromatic carbocycles. The van der Waals surface area contributed by atoms with Crippen LogP contribution in [0.15, 0.2) is 0 Å². The van der Waals surface area contributed by atoms with Crippen LogP contribution in [-0.2, 0) is 9.53 Å². The van der Waals surface area contributed by atoms with Gasteiger partial charge in [-0.15, -0.1) is 0 Å². The number of hydrogen-bond acceptors (Lipinski definition) is 3. The van der Waals surface area contributed by atoms with E-state index in [0.29, 0.717) is 12.8 Å². The van der Waals surface area contributed by atoms with Crippen LogP contribution in [0.4, 0.5) is 13.6 Å². The van der Waals surface area contributed by atoms with Gasteiger partial charge >= 0.3 is 6.09 Å². The highest BCUT2D eigenvalue weighted by molar-refractivity contribution is 5.92. The van der Waals surface area contributed by atoms with Crippen molar-refractivity contribution in [3.8, 4) is 0 Å². The van der Waals surface area contributed by atoms with E-state index in [4.69, 9.17) is 4.74 Å². The highest BCUT2D eigenvalue weighted by atomic mass is 19.3. The number of carbonyl (C=O) groups is 2. The summed E-state index contributed by atoms with van der Waals surface area (Å²) in [4.78, 5) is 23.1. The van der Waals surface area contributed by atoms with Crippen molar-refractivity contribution < 1.29 is 23.1 Å². The molecule has 1 aliphatic rings. The predicted octanol–water partition coefficient (Wildman–Crippen LogP) is 1.42. The Hall–Kier alpha value is -1.40. The SMILES string of the molecule is CC(C)(C)OC(=O)NC1(C(=O)NCC(F)F)CC1. The van der Waals surface area contributed by atoms with Gasteiger partial charge in [0.15, 0.2) is 0 Å².